The molecule has 5 nitrogen and oxygen atoms in total. The van der Waals surface area contributed by atoms with E-state index in [4.69, 9.17) is 21.1 Å². The van der Waals surface area contributed by atoms with E-state index in [0.717, 1.165) is 21.7 Å². The average molecular weight is 364 g/mol. The van der Waals surface area contributed by atoms with Crippen LogP contribution in [-0.2, 0) is 0 Å². The number of aryl methyl sites for hydroxylation is 3. The van der Waals surface area contributed by atoms with Crippen molar-refractivity contribution in [3.63, 3.8) is 0 Å². The Labute approximate surface area is 149 Å². The topological polar surface area (TPSA) is 56.3 Å². The highest BCUT2D eigenvalue weighted by molar-refractivity contribution is 7.18. The summed E-state index contributed by atoms with van der Waals surface area (Å²) in [5.74, 6) is 2.65. The summed E-state index contributed by atoms with van der Waals surface area (Å²) in [6.45, 7) is 6.05. The molecular weight excluding hydrogens is 346 g/mol. The standard InChI is InChI=1S/C17H18ClN3O2S/c1-8-9(2)24-17-15(8)16(19-10(3)20-17)21-12-6-11(18)13(22-4)7-14(12)23-5/h6-7H,1-5H3,(H,19,20,21). The number of methoxy groups -OCH3 is 2. The van der Waals surface area contributed by atoms with Crippen molar-refractivity contribution in [3.05, 3.63) is 33.4 Å². The Morgan fingerprint density at radius 1 is 1.04 bits per heavy atom. The second-order valence-electron chi connectivity index (χ2n) is 5.39. The first-order chi connectivity index (χ1) is 11.4. The van der Waals surface area contributed by atoms with E-state index in [-0.39, 0.29) is 0 Å². The fraction of sp³-hybridized carbons (Fsp3) is 0.294. The van der Waals surface area contributed by atoms with Crippen molar-refractivity contribution < 1.29 is 9.47 Å². The number of nitrogens with one attached hydrogen (secondary N) is 1. The second-order valence-corrected chi connectivity index (χ2v) is 7.01. The Kier molecular flexibility index (Phi) is 4.51. The lowest BCUT2D eigenvalue weighted by Gasteiger charge is -2.14. The van der Waals surface area contributed by atoms with Crippen LogP contribution in [0.15, 0.2) is 12.1 Å². The summed E-state index contributed by atoms with van der Waals surface area (Å²) in [6.07, 6.45) is 0. The monoisotopic (exact) mass is 363 g/mol. The van der Waals surface area contributed by atoms with Crippen LogP contribution < -0.4 is 14.8 Å². The van der Waals surface area contributed by atoms with Gasteiger partial charge in [0.2, 0.25) is 0 Å². The maximum Gasteiger partial charge on any atom is 0.146 e. The molecule has 0 saturated carbocycles. The summed E-state index contributed by atoms with van der Waals surface area (Å²) in [5, 5.41) is 4.87. The van der Waals surface area contributed by atoms with Gasteiger partial charge in [0, 0.05) is 10.9 Å². The molecule has 2 heterocycles. The van der Waals surface area contributed by atoms with Crippen molar-refractivity contribution in [1.29, 1.82) is 0 Å². The molecule has 0 aliphatic rings. The van der Waals surface area contributed by atoms with Crippen LogP contribution in [0.4, 0.5) is 11.5 Å². The predicted octanol–water partition coefficient (Wildman–Crippen LogP) is 5.03. The highest BCUT2D eigenvalue weighted by atomic mass is 35.5. The van der Waals surface area contributed by atoms with Crippen molar-refractivity contribution in [1.82, 2.24) is 9.97 Å². The Bertz CT molecular complexity index is 924. The third kappa shape index (κ3) is 2.87. The SMILES string of the molecule is COc1cc(OC)c(Nc2nc(C)nc3sc(C)c(C)c23)cc1Cl. The maximum absolute atomic E-state index is 6.26. The molecular formula is C17H18ClN3O2S. The van der Waals surface area contributed by atoms with Gasteiger partial charge >= 0.3 is 0 Å². The molecule has 3 rings (SSSR count). The number of ether oxygens (including phenoxy) is 2. The minimum Gasteiger partial charge on any atom is -0.495 e. The molecule has 0 unspecified atom stereocenters. The molecule has 0 spiro atoms. The second kappa shape index (κ2) is 6.45. The summed E-state index contributed by atoms with van der Waals surface area (Å²) in [5.41, 5.74) is 1.90. The van der Waals surface area contributed by atoms with Crippen LogP contribution in [0.25, 0.3) is 10.2 Å². The number of aromatic nitrogens is 2. The molecule has 0 radical (unpaired) electrons. The van der Waals surface area contributed by atoms with Gasteiger partial charge in [0.25, 0.3) is 0 Å². The van der Waals surface area contributed by atoms with Gasteiger partial charge in [0.15, 0.2) is 0 Å². The molecule has 0 bridgehead atoms. The van der Waals surface area contributed by atoms with Gasteiger partial charge in [-0.2, -0.15) is 0 Å². The summed E-state index contributed by atoms with van der Waals surface area (Å²) in [7, 11) is 3.18. The van der Waals surface area contributed by atoms with Gasteiger partial charge in [-0.15, -0.1) is 11.3 Å². The van der Waals surface area contributed by atoms with E-state index in [1.54, 1.807) is 37.7 Å². The third-order valence-electron chi connectivity index (χ3n) is 3.87. The molecule has 0 aliphatic heterocycles. The zero-order chi connectivity index (χ0) is 17.4. The summed E-state index contributed by atoms with van der Waals surface area (Å²) < 4.78 is 10.7. The van der Waals surface area contributed by atoms with E-state index >= 15 is 0 Å². The molecule has 24 heavy (non-hydrogen) atoms. The van der Waals surface area contributed by atoms with Crippen LogP contribution in [-0.4, -0.2) is 24.2 Å². The Hall–Kier alpha value is -2.05. The van der Waals surface area contributed by atoms with Crippen LogP contribution in [0.3, 0.4) is 0 Å². The molecule has 0 atom stereocenters. The highest BCUT2D eigenvalue weighted by Gasteiger charge is 2.16. The molecule has 3 aromatic rings. The molecule has 126 valence electrons. The number of nitrogens with zero attached hydrogens (tertiary/aromatic N) is 2. The fourth-order valence-electron chi connectivity index (χ4n) is 2.53. The number of hydrogen-bond acceptors (Lipinski definition) is 6. The molecule has 1 aromatic carbocycles. The Balaban J connectivity index is 2.15. The minimum atomic E-state index is 0.501. The van der Waals surface area contributed by atoms with Gasteiger partial charge in [-0.05, 0) is 32.4 Å². The summed E-state index contributed by atoms with van der Waals surface area (Å²) in [6, 6.07) is 3.53. The van der Waals surface area contributed by atoms with Crippen LogP contribution in [0, 0.1) is 20.8 Å². The van der Waals surface area contributed by atoms with Crippen molar-refractivity contribution in [2.24, 2.45) is 0 Å². The first-order valence-corrected chi connectivity index (χ1v) is 8.57. The lowest BCUT2D eigenvalue weighted by Crippen LogP contribution is -2.01. The van der Waals surface area contributed by atoms with E-state index < -0.39 is 0 Å². The normalized spacial score (nSPS) is 10.9. The lowest BCUT2D eigenvalue weighted by molar-refractivity contribution is 0.396. The van der Waals surface area contributed by atoms with E-state index in [1.807, 2.05) is 6.92 Å². The van der Waals surface area contributed by atoms with Gasteiger partial charge in [0.1, 0.15) is 28.0 Å². The van der Waals surface area contributed by atoms with E-state index in [0.29, 0.717) is 22.3 Å². The number of anilines is 2. The van der Waals surface area contributed by atoms with Crippen LogP contribution in [0.2, 0.25) is 5.02 Å². The fourth-order valence-corrected chi connectivity index (χ4v) is 3.85. The molecule has 2 aromatic heterocycles. The van der Waals surface area contributed by atoms with E-state index in [2.05, 4.69) is 29.1 Å². The van der Waals surface area contributed by atoms with Gasteiger partial charge in [-0.25, -0.2) is 9.97 Å². The number of halogens is 1. The zero-order valence-electron chi connectivity index (χ0n) is 14.2. The number of thiophene rings is 1. The van der Waals surface area contributed by atoms with Gasteiger partial charge in [-0.3, -0.25) is 0 Å². The lowest BCUT2D eigenvalue weighted by atomic mass is 10.2. The first kappa shape index (κ1) is 16.8. The predicted molar refractivity (Wildman–Crippen MR) is 99.5 cm³/mol. The van der Waals surface area contributed by atoms with Gasteiger partial charge in [0.05, 0.1) is 30.3 Å². The number of rotatable bonds is 4. The number of fused-ring (bicyclic) bond motifs is 1. The zero-order valence-corrected chi connectivity index (χ0v) is 15.7. The van der Waals surface area contributed by atoms with Gasteiger partial charge < -0.3 is 14.8 Å². The summed E-state index contributed by atoms with van der Waals surface area (Å²) in [4.78, 5) is 11.3. The van der Waals surface area contributed by atoms with Crippen molar-refractivity contribution in [3.8, 4) is 11.5 Å². The quantitative estimate of drug-likeness (QED) is 0.704. The van der Waals surface area contributed by atoms with Crippen molar-refractivity contribution in [2.45, 2.75) is 20.8 Å². The Morgan fingerprint density at radius 3 is 2.42 bits per heavy atom. The molecule has 7 heteroatoms. The molecule has 0 fully saturated rings. The molecule has 0 saturated heterocycles. The van der Waals surface area contributed by atoms with E-state index in [1.165, 1.54) is 10.4 Å². The maximum atomic E-state index is 6.26. The highest BCUT2D eigenvalue weighted by Crippen LogP contribution is 2.39. The van der Waals surface area contributed by atoms with Crippen molar-refractivity contribution >= 4 is 44.7 Å². The number of benzene rings is 1. The van der Waals surface area contributed by atoms with E-state index in [9.17, 15) is 0 Å². The number of hydrogen-bond donors (Lipinski definition) is 1. The third-order valence-corrected chi connectivity index (χ3v) is 5.26. The molecule has 1 N–H and O–H groups in total. The molecule has 0 amide bonds. The smallest absolute Gasteiger partial charge is 0.146 e. The van der Waals surface area contributed by atoms with Crippen LogP contribution in [0.5, 0.6) is 11.5 Å². The first-order valence-electron chi connectivity index (χ1n) is 7.37. The largest absolute Gasteiger partial charge is 0.495 e. The minimum absolute atomic E-state index is 0.501. The van der Waals surface area contributed by atoms with Crippen LogP contribution in [0.1, 0.15) is 16.3 Å². The van der Waals surface area contributed by atoms with Crippen molar-refractivity contribution in [2.75, 3.05) is 19.5 Å². The van der Waals surface area contributed by atoms with Gasteiger partial charge in [-0.1, -0.05) is 11.6 Å². The van der Waals surface area contributed by atoms with Crippen LogP contribution >= 0.6 is 22.9 Å². The summed E-state index contributed by atoms with van der Waals surface area (Å²) >= 11 is 7.93. The molecule has 0 aliphatic carbocycles. The average Bonchev–Trinajstić information content (AvgIpc) is 2.82. The Morgan fingerprint density at radius 2 is 1.75 bits per heavy atom.